The van der Waals surface area contributed by atoms with Crippen LogP contribution in [0.1, 0.15) is 17.1 Å². The largest absolute Gasteiger partial charge is 0.349 e. The Hall–Kier alpha value is -1.74. The van der Waals surface area contributed by atoms with Crippen LogP contribution in [0.3, 0.4) is 0 Å². The lowest BCUT2D eigenvalue weighted by Crippen LogP contribution is -2.29. The molecule has 0 fully saturated rings. The minimum atomic E-state index is -0.218. The number of hydrogen-bond acceptors (Lipinski definition) is 5. The first kappa shape index (κ1) is 14.7. The van der Waals surface area contributed by atoms with Crippen molar-refractivity contribution in [3.8, 4) is 0 Å². The molecule has 2 rings (SSSR count). The maximum atomic E-state index is 11.1. The maximum Gasteiger partial charge on any atom is 0.234 e. The Kier molecular flexibility index (Phi) is 4.50. The smallest absolute Gasteiger partial charge is 0.234 e. The highest BCUT2D eigenvalue weighted by atomic mass is 79.9. The molecule has 9 heteroatoms. The van der Waals surface area contributed by atoms with Crippen molar-refractivity contribution in [1.29, 1.82) is 0 Å². The lowest BCUT2D eigenvalue weighted by atomic mass is 10.3. The van der Waals surface area contributed by atoms with Crippen LogP contribution in [0.2, 0.25) is 0 Å². The molecule has 2 heterocycles. The summed E-state index contributed by atoms with van der Waals surface area (Å²) in [5.74, 6) is -0.218. The van der Waals surface area contributed by atoms with Crippen LogP contribution in [0, 0.1) is 6.92 Å². The number of nitrogens with zero attached hydrogens (tertiary/aromatic N) is 5. The van der Waals surface area contributed by atoms with E-state index in [9.17, 15) is 4.79 Å². The number of carbonyl (C=O) groups is 1. The van der Waals surface area contributed by atoms with E-state index >= 15 is 0 Å². The molecule has 2 aromatic heterocycles. The third-order valence-electron chi connectivity index (χ3n) is 2.81. The molecule has 108 valence electrons. The SMILES string of the molecule is Cc1nn(C)c(Cn2cc(CNC(=O)CN)nn2)c1Br. The second-order valence-electron chi connectivity index (χ2n) is 4.36. The third-order valence-corrected chi connectivity index (χ3v) is 3.84. The standard InChI is InChI=1S/C11H16BrN7O/c1-7-11(12)9(18(2)16-7)6-19-5-8(15-17-19)4-14-10(20)3-13/h5H,3-4,6,13H2,1-2H3,(H,14,20). The normalized spacial score (nSPS) is 10.8. The van der Waals surface area contributed by atoms with Crippen LogP contribution in [-0.4, -0.2) is 37.2 Å². The predicted octanol–water partition coefficient (Wildman–Crippen LogP) is -0.294. The third kappa shape index (κ3) is 3.23. The van der Waals surface area contributed by atoms with Gasteiger partial charge in [0.15, 0.2) is 0 Å². The highest BCUT2D eigenvalue weighted by Crippen LogP contribution is 2.20. The molecule has 2 aromatic rings. The number of amides is 1. The first-order chi connectivity index (χ1) is 9.51. The van der Waals surface area contributed by atoms with Crippen LogP contribution >= 0.6 is 15.9 Å². The molecule has 1 amide bonds. The molecule has 0 saturated heterocycles. The summed E-state index contributed by atoms with van der Waals surface area (Å²) in [4.78, 5) is 11.1. The highest BCUT2D eigenvalue weighted by molar-refractivity contribution is 9.10. The Morgan fingerprint density at radius 2 is 2.30 bits per heavy atom. The van der Waals surface area contributed by atoms with Crippen molar-refractivity contribution >= 4 is 21.8 Å². The van der Waals surface area contributed by atoms with Crippen LogP contribution in [0.4, 0.5) is 0 Å². The fourth-order valence-electron chi connectivity index (χ4n) is 1.76. The van der Waals surface area contributed by atoms with Crippen molar-refractivity contribution in [2.24, 2.45) is 12.8 Å². The van der Waals surface area contributed by atoms with Gasteiger partial charge in [-0.05, 0) is 22.9 Å². The first-order valence-electron chi connectivity index (χ1n) is 6.05. The molecule has 0 bridgehead atoms. The van der Waals surface area contributed by atoms with E-state index in [1.54, 1.807) is 15.6 Å². The molecule has 20 heavy (non-hydrogen) atoms. The van der Waals surface area contributed by atoms with Crippen molar-refractivity contribution in [2.75, 3.05) is 6.54 Å². The lowest BCUT2D eigenvalue weighted by Gasteiger charge is -2.02. The zero-order chi connectivity index (χ0) is 14.7. The summed E-state index contributed by atoms with van der Waals surface area (Å²) in [5.41, 5.74) is 7.83. The van der Waals surface area contributed by atoms with Gasteiger partial charge in [0, 0.05) is 7.05 Å². The maximum absolute atomic E-state index is 11.1. The van der Waals surface area contributed by atoms with E-state index in [2.05, 4.69) is 36.7 Å². The van der Waals surface area contributed by atoms with Crippen LogP contribution in [0.25, 0.3) is 0 Å². The highest BCUT2D eigenvalue weighted by Gasteiger charge is 2.12. The average Bonchev–Trinajstić information content (AvgIpc) is 2.97. The lowest BCUT2D eigenvalue weighted by molar-refractivity contribution is -0.119. The number of aryl methyl sites for hydroxylation is 2. The summed E-state index contributed by atoms with van der Waals surface area (Å²) in [7, 11) is 1.88. The van der Waals surface area contributed by atoms with Gasteiger partial charge in [0.2, 0.25) is 5.91 Å². The molecule has 0 aromatic carbocycles. The molecule has 0 atom stereocenters. The second kappa shape index (κ2) is 6.14. The molecule has 0 spiro atoms. The minimum absolute atomic E-state index is 0.0324. The zero-order valence-corrected chi connectivity index (χ0v) is 12.9. The Morgan fingerprint density at radius 1 is 1.55 bits per heavy atom. The van der Waals surface area contributed by atoms with E-state index in [1.807, 2.05) is 14.0 Å². The van der Waals surface area contributed by atoms with Gasteiger partial charge in [-0.15, -0.1) is 5.10 Å². The van der Waals surface area contributed by atoms with Crippen molar-refractivity contribution in [2.45, 2.75) is 20.0 Å². The number of hydrogen-bond donors (Lipinski definition) is 2. The Morgan fingerprint density at radius 3 is 2.90 bits per heavy atom. The van der Waals surface area contributed by atoms with Gasteiger partial charge < -0.3 is 11.1 Å². The van der Waals surface area contributed by atoms with Gasteiger partial charge in [0.25, 0.3) is 0 Å². The molecule has 3 N–H and O–H groups in total. The van der Waals surface area contributed by atoms with Gasteiger partial charge in [-0.2, -0.15) is 5.10 Å². The minimum Gasteiger partial charge on any atom is -0.349 e. The van der Waals surface area contributed by atoms with Crippen LogP contribution in [-0.2, 0) is 24.9 Å². The average molecular weight is 342 g/mol. The summed E-state index contributed by atoms with van der Waals surface area (Å²) in [6.45, 7) is 2.77. The van der Waals surface area contributed by atoms with E-state index in [0.29, 0.717) is 18.8 Å². The summed E-state index contributed by atoms with van der Waals surface area (Å²) in [6.07, 6.45) is 1.78. The molecule has 0 aliphatic carbocycles. The number of aromatic nitrogens is 5. The summed E-state index contributed by atoms with van der Waals surface area (Å²) in [6, 6.07) is 0. The van der Waals surface area contributed by atoms with E-state index in [-0.39, 0.29) is 12.5 Å². The molecule has 0 aliphatic heterocycles. The van der Waals surface area contributed by atoms with Gasteiger partial charge in [0.05, 0.1) is 41.7 Å². The van der Waals surface area contributed by atoms with Gasteiger partial charge in [0.1, 0.15) is 5.69 Å². The van der Waals surface area contributed by atoms with Gasteiger partial charge in [-0.25, -0.2) is 4.68 Å². The molecular weight excluding hydrogens is 326 g/mol. The van der Waals surface area contributed by atoms with Crippen LogP contribution in [0.15, 0.2) is 10.7 Å². The van der Waals surface area contributed by atoms with E-state index < -0.39 is 0 Å². The van der Waals surface area contributed by atoms with E-state index in [1.165, 1.54) is 0 Å². The Bertz CT molecular complexity index is 618. The molecule has 0 saturated carbocycles. The monoisotopic (exact) mass is 341 g/mol. The summed E-state index contributed by atoms with van der Waals surface area (Å²) in [5, 5.41) is 15.0. The van der Waals surface area contributed by atoms with Crippen molar-refractivity contribution < 1.29 is 4.79 Å². The van der Waals surface area contributed by atoms with Gasteiger partial charge in [-0.1, -0.05) is 5.21 Å². The molecule has 0 unspecified atom stereocenters. The Balaban J connectivity index is 2.04. The topological polar surface area (TPSA) is 104 Å². The Labute approximate surface area is 124 Å². The predicted molar refractivity (Wildman–Crippen MR) is 75.7 cm³/mol. The molecule has 0 radical (unpaired) electrons. The van der Waals surface area contributed by atoms with E-state index in [4.69, 9.17) is 5.73 Å². The first-order valence-corrected chi connectivity index (χ1v) is 6.84. The number of halogens is 1. The summed E-state index contributed by atoms with van der Waals surface area (Å²) < 4.78 is 4.47. The van der Waals surface area contributed by atoms with Gasteiger partial charge >= 0.3 is 0 Å². The molecule has 0 aliphatic rings. The fraction of sp³-hybridized carbons (Fsp3) is 0.455. The number of nitrogens with two attached hydrogens (primary N) is 1. The van der Waals surface area contributed by atoms with Crippen molar-refractivity contribution in [3.63, 3.8) is 0 Å². The van der Waals surface area contributed by atoms with Crippen molar-refractivity contribution in [1.82, 2.24) is 30.1 Å². The fourth-order valence-corrected chi connectivity index (χ4v) is 2.22. The van der Waals surface area contributed by atoms with Gasteiger partial charge in [-0.3, -0.25) is 9.48 Å². The number of rotatable bonds is 5. The quantitative estimate of drug-likeness (QED) is 0.777. The van der Waals surface area contributed by atoms with E-state index in [0.717, 1.165) is 15.9 Å². The number of carbonyl (C=O) groups excluding carboxylic acids is 1. The molecule has 8 nitrogen and oxygen atoms in total. The van der Waals surface area contributed by atoms with Crippen LogP contribution in [0.5, 0.6) is 0 Å². The number of nitrogens with one attached hydrogen (secondary N) is 1. The summed E-state index contributed by atoms with van der Waals surface area (Å²) >= 11 is 3.51. The second-order valence-corrected chi connectivity index (χ2v) is 5.15. The zero-order valence-electron chi connectivity index (χ0n) is 11.3. The van der Waals surface area contributed by atoms with Crippen molar-refractivity contribution in [3.05, 3.63) is 27.8 Å². The van der Waals surface area contributed by atoms with Crippen LogP contribution < -0.4 is 11.1 Å². The molecular formula is C11H16BrN7O.